The van der Waals surface area contributed by atoms with Gasteiger partial charge in [-0.25, -0.2) is 10.2 Å². The minimum atomic E-state index is -1.32. The molecule has 0 aromatic carbocycles. The summed E-state index contributed by atoms with van der Waals surface area (Å²) in [4.78, 5) is 21.5. The van der Waals surface area contributed by atoms with Crippen molar-refractivity contribution in [2.75, 3.05) is 6.54 Å². The van der Waals surface area contributed by atoms with Crippen LogP contribution in [0.2, 0.25) is 0 Å². The molecule has 20 heavy (non-hydrogen) atoms. The Balaban J connectivity index is 1.99. The third-order valence-corrected chi connectivity index (χ3v) is 3.92. The van der Waals surface area contributed by atoms with Gasteiger partial charge in [-0.15, -0.1) is 0 Å². The topological polar surface area (TPSA) is 123 Å². The summed E-state index contributed by atoms with van der Waals surface area (Å²) in [6.45, 7) is 0.896. The van der Waals surface area contributed by atoms with Gasteiger partial charge in [-0.1, -0.05) is 12.8 Å². The molecule has 0 bridgehead atoms. The Morgan fingerprint density at radius 2 is 2.00 bits per heavy atom. The van der Waals surface area contributed by atoms with Crippen LogP contribution in [0.5, 0.6) is 0 Å². The molecule has 0 aromatic heterocycles. The molecular weight excluding hydrogens is 264 g/mol. The molecule has 1 saturated carbocycles. The van der Waals surface area contributed by atoms with E-state index in [1.165, 1.54) is 6.42 Å². The Bertz CT molecular complexity index is 410. The quantitative estimate of drug-likeness (QED) is 0.348. The van der Waals surface area contributed by atoms with Crippen molar-refractivity contribution in [3.63, 3.8) is 0 Å². The van der Waals surface area contributed by atoms with Gasteiger partial charge < -0.3 is 10.2 Å². The summed E-state index contributed by atoms with van der Waals surface area (Å²) >= 11 is 0. The van der Waals surface area contributed by atoms with E-state index in [2.05, 4.69) is 21.4 Å². The zero-order valence-corrected chi connectivity index (χ0v) is 11.1. The molecule has 112 valence electrons. The number of hydrogen-bond donors (Lipinski definition) is 5. The second-order valence-electron chi connectivity index (χ2n) is 5.27. The number of aliphatic carboxylic acids is 2. The van der Waals surface area contributed by atoms with Crippen molar-refractivity contribution in [1.29, 1.82) is 0 Å². The van der Waals surface area contributed by atoms with E-state index < -0.39 is 24.1 Å². The predicted molar refractivity (Wildman–Crippen MR) is 70.8 cm³/mol. The van der Waals surface area contributed by atoms with E-state index in [1.807, 2.05) is 0 Å². The molecule has 5 N–H and O–H groups in total. The lowest BCUT2D eigenvalue weighted by molar-refractivity contribution is -0.137. The lowest BCUT2D eigenvalue weighted by Gasteiger charge is -2.41. The van der Waals surface area contributed by atoms with E-state index in [0.29, 0.717) is 11.8 Å². The highest BCUT2D eigenvalue weighted by molar-refractivity contribution is 6.38. The third kappa shape index (κ3) is 3.67. The highest BCUT2D eigenvalue weighted by atomic mass is 16.4. The number of nitrogens with zero attached hydrogens (tertiary/aromatic N) is 1. The second-order valence-corrected chi connectivity index (χ2v) is 5.27. The molecule has 3 unspecified atom stereocenters. The highest BCUT2D eigenvalue weighted by Crippen LogP contribution is 2.32. The fourth-order valence-corrected chi connectivity index (χ4v) is 2.92. The fraction of sp³-hybridized carbons (Fsp3) is 0.750. The van der Waals surface area contributed by atoms with Crippen LogP contribution in [-0.4, -0.2) is 40.6 Å². The van der Waals surface area contributed by atoms with Crippen LogP contribution in [0.15, 0.2) is 5.10 Å². The first-order chi connectivity index (χ1) is 9.58. The summed E-state index contributed by atoms with van der Waals surface area (Å²) in [6.07, 6.45) is 3.83. The van der Waals surface area contributed by atoms with E-state index >= 15 is 0 Å². The van der Waals surface area contributed by atoms with Crippen molar-refractivity contribution in [3.8, 4) is 0 Å². The Labute approximate surface area is 116 Å². The van der Waals surface area contributed by atoms with Crippen LogP contribution < -0.4 is 16.3 Å². The van der Waals surface area contributed by atoms with Gasteiger partial charge in [-0.05, 0) is 24.7 Å². The van der Waals surface area contributed by atoms with Gasteiger partial charge in [0.2, 0.25) is 0 Å². The Morgan fingerprint density at radius 1 is 1.25 bits per heavy atom. The number of carboxylic acid groups (broad SMARTS) is 2. The maximum absolute atomic E-state index is 10.9. The summed E-state index contributed by atoms with van der Waals surface area (Å²) in [6, 6.07) is 0. The van der Waals surface area contributed by atoms with E-state index in [9.17, 15) is 9.59 Å². The summed E-state index contributed by atoms with van der Waals surface area (Å²) in [7, 11) is 0. The van der Waals surface area contributed by atoms with Gasteiger partial charge in [0.25, 0.3) is 0 Å². The maximum atomic E-state index is 10.9. The molecular formula is C12H20N4O4. The minimum absolute atomic E-state index is 0.169. The highest BCUT2D eigenvalue weighted by Gasteiger charge is 2.34. The second kappa shape index (κ2) is 6.67. The molecule has 1 aliphatic heterocycles. The summed E-state index contributed by atoms with van der Waals surface area (Å²) in [5.74, 6) is -1.60. The summed E-state index contributed by atoms with van der Waals surface area (Å²) in [5, 5.41) is 21.3. The van der Waals surface area contributed by atoms with Crippen molar-refractivity contribution < 1.29 is 19.8 Å². The van der Waals surface area contributed by atoms with Crippen molar-refractivity contribution in [1.82, 2.24) is 16.3 Å². The monoisotopic (exact) mass is 284 g/mol. The largest absolute Gasteiger partial charge is 0.481 e. The number of hydrazone groups is 1. The fourth-order valence-electron chi connectivity index (χ4n) is 2.92. The van der Waals surface area contributed by atoms with Crippen molar-refractivity contribution in [2.24, 2.45) is 16.9 Å². The van der Waals surface area contributed by atoms with Crippen LogP contribution in [0.4, 0.5) is 0 Å². The van der Waals surface area contributed by atoms with E-state index in [1.54, 1.807) is 0 Å². The Kier molecular flexibility index (Phi) is 4.91. The van der Waals surface area contributed by atoms with Gasteiger partial charge in [0.1, 0.15) is 6.17 Å². The van der Waals surface area contributed by atoms with Gasteiger partial charge in [0.05, 0.1) is 6.42 Å². The van der Waals surface area contributed by atoms with Gasteiger partial charge in [0, 0.05) is 6.54 Å². The van der Waals surface area contributed by atoms with E-state index in [-0.39, 0.29) is 6.17 Å². The van der Waals surface area contributed by atoms with Crippen LogP contribution in [-0.2, 0) is 9.59 Å². The van der Waals surface area contributed by atoms with Gasteiger partial charge in [-0.2, -0.15) is 5.10 Å². The lowest BCUT2D eigenvalue weighted by atomic mass is 9.77. The number of carboxylic acids is 2. The van der Waals surface area contributed by atoms with Crippen LogP contribution >= 0.6 is 0 Å². The average Bonchev–Trinajstić information content (AvgIpc) is 2.42. The maximum Gasteiger partial charge on any atom is 0.352 e. The van der Waals surface area contributed by atoms with Gasteiger partial charge >= 0.3 is 11.9 Å². The summed E-state index contributed by atoms with van der Waals surface area (Å²) in [5.41, 5.74) is 8.53. The smallest absolute Gasteiger partial charge is 0.352 e. The van der Waals surface area contributed by atoms with Crippen LogP contribution in [0, 0.1) is 11.8 Å². The molecule has 8 heteroatoms. The molecule has 8 nitrogen and oxygen atoms in total. The minimum Gasteiger partial charge on any atom is -0.481 e. The molecule has 3 atom stereocenters. The third-order valence-electron chi connectivity index (χ3n) is 3.92. The molecule has 1 aliphatic carbocycles. The van der Waals surface area contributed by atoms with Crippen molar-refractivity contribution in [3.05, 3.63) is 0 Å². The predicted octanol–water partition coefficient (Wildman–Crippen LogP) is -0.268. The van der Waals surface area contributed by atoms with Crippen LogP contribution in [0.3, 0.4) is 0 Å². The number of fused-ring (bicyclic) bond motifs is 1. The molecule has 2 rings (SSSR count). The molecule has 1 saturated heterocycles. The van der Waals surface area contributed by atoms with Crippen molar-refractivity contribution >= 4 is 17.7 Å². The molecule has 0 amide bonds. The molecule has 2 aliphatic rings. The zero-order valence-electron chi connectivity index (χ0n) is 11.1. The molecule has 0 aromatic rings. The first-order valence-electron chi connectivity index (χ1n) is 6.83. The van der Waals surface area contributed by atoms with Crippen LogP contribution in [0.25, 0.3) is 0 Å². The molecule has 0 radical (unpaired) electrons. The Hall–Kier alpha value is -1.67. The van der Waals surface area contributed by atoms with Crippen LogP contribution in [0.1, 0.15) is 32.1 Å². The van der Waals surface area contributed by atoms with E-state index in [0.717, 1.165) is 25.8 Å². The Morgan fingerprint density at radius 3 is 2.70 bits per heavy atom. The molecule has 0 spiro atoms. The number of hydrazine groups is 1. The normalized spacial score (nSPS) is 30.4. The van der Waals surface area contributed by atoms with Crippen molar-refractivity contribution in [2.45, 2.75) is 38.3 Å². The number of nitrogens with one attached hydrogen (secondary N) is 3. The number of hydrogen-bond acceptors (Lipinski definition) is 6. The molecule has 1 heterocycles. The first-order valence-corrected chi connectivity index (χ1v) is 6.83. The number of carbonyl (C=O) groups is 2. The SMILES string of the molecule is O=C(O)C/C(=N\NC1NNCC2CCCCC21)C(=O)O. The zero-order chi connectivity index (χ0) is 14.5. The van der Waals surface area contributed by atoms with E-state index in [4.69, 9.17) is 10.2 Å². The molecule has 2 fully saturated rings. The average molecular weight is 284 g/mol. The standard InChI is InChI=1S/C12H20N4O4/c17-10(18)5-9(12(19)20)14-16-11-8-4-2-1-3-7(8)6-13-15-11/h7-8,11,13,15-16H,1-6H2,(H,17,18)(H,19,20)/b14-9+. The summed E-state index contributed by atoms with van der Waals surface area (Å²) < 4.78 is 0. The van der Waals surface area contributed by atoms with Gasteiger partial charge in [-0.3, -0.25) is 15.6 Å². The first kappa shape index (κ1) is 14.7. The lowest BCUT2D eigenvalue weighted by Crippen LogP contribution is -2.61. The van der Waals surface area contributed by atoms with Gasteiger partial charge in [0.15, 0.2) is 5.71 Å². The number of rotatable bonds is 5.